The van der Waals surface area contributed by atoms with Gasteiger partial charge in [0, 0.05) is 10.6 Å². The Morgan fingerprint density at radius 2 is 1.87 bits per heavy atom. The fourth-order valence-corrected chi connectivity index (χ4v) is 4.92. The summed E-state index contributed by atoms with van der Waals surface area (Å²) < 4.78 is 10.8. The maximum Gasteiger partial charge on any atom is 0.337 e. The number of hydrogen-bond acceptors (Lipinski definition) is 8. The first-order valence-corrected chi connectivity index (χ1v) is 12.5. The van der Waals surface area contributed by atoms with E-state index in [2.05, 4.69) is 10.6 Å². The van der Waals surface area contributed by atoms with E-state index < -0.39 is 22.7 Å². The summed E-state index contributed by atoms with van der Waals surface area (Å²) in [5, 5.41) is 16.1. The number of furan rings is 1. The minimum Gasteiger partial charge on any atom is -0.497 e. The molecule has 2 heterocycles. The Bertz CT molecular complexity index is 1700. The number of anilines is 4. The van der Waals surface area contributed by atoms with Gasteiger partial charge in [-0.2, -0.15) is 0 Å². The van der Waals surface area contributed by atoms with Crippen molar-refractivity contribution in [2.75, 3.05) is 22.6 Å². The molecule has 5 rings (SSSR count). The van der Waals surface area contributed by atoms with Crippen LogP contribution in [0.15, 0.2) is 56.5 Å². The number of carboxylic acid groups (broad SMARTS) is 1. The van der Waals surface area contributed by atoms with Crippen LogP contribution < -0.4 is 31.1 Å². The smallest absolute Gasteiger partial charge is 0.337 e. The van der Waals surface area contributed by atoms with Gasteiger partial charge in [0.25, 0.3) is 16.8 Å². The highest BCUT2D eigenvalue weighted by Gasteiger charge is 2.36. The molecule has 1 amide bonds. The molecule has 1 atom stereocenters. The van der Waals surface area contributed by atoms with Crippen LogP contribution in [0.3, 0.4) is 0 Å². The summed E-state index contributed by atoms with van der Waals surface area (Å²) >= 11 is 6.43. The highest BCUT2D eigenvalue weighted by molar-refractivity contribution is 6.33. The lowest BCUT2D eigenvalue weighted by Gasteiger charge is -2.21. The molecule has 0 saturated carbocycles. The predicted molar refractivity (Wildman–Crippen MR) is 147 cm³/mol. The monoisotopic (exact) mass is 549 g/mol. The molecule has 0 unspecified atom stereocenters. The molecule has 11 heteroatoms. The standard InChI is InChI=1S/C28H24ClN3O7/c1-4-18(21-10-5-13(2)39-21)30-23-24(26(34)25(23)33)31-19-8-7-17(29)16-12-32(27(35)22(16)19)20-9-6-14(38-3)11-15(20)28(36)37/h5-11,18,30-31H,4,12H2,1-3H3,(H,36,37)/t18-/m1/s1. The van der Waals surface area contributed by atoms with Crippen LogP contribution in [0.2, 0.25) is 5.02 Å². The molecular formula is C28H24ClN3O7. The molecule has 3 N–H and O–H groups in total. The largest absolute Gasteiger partial charge is 0.497 e. The van der Waals surface area contributed by atoms with Crippen LogP contribution in [0, 0.1) is 6.92 Å². The second-order valence-electron chi connectivity index (χ2n) is 9.11. The van der Waals surface area contributed by atoms with Crippen LogP contribution >= 0.6 is 11.6 Å². The number of carbonyl (C=O) groups is 2. The molecule has 39 heavy (non-hydrogen) atoms. The van der Waals surface area contributed by atoms with E-state index in [0.717, 1.165) is 5.76 Å². The number of carbonyl (C=O) groups excluding carboxylic acids is 1. The first kappa shape index (κ1) is 26.1. The van der Waals surface area contributed by atoms with Gasteiger partial charge in [-0.25, -0.2) is 4.79 Å². The van der Waals surface area contributed by atoms with Crippen molar-refractivity contribution in [3.63, 3.8) is 0 Å². The Morgan fingerprint density at radius 1 is 1.13 bits per heavy atom. The molecule has 0 bridgehead atoms. The molecule has 0 fully saturated rings. The number of hydrogen-bond donors (Lipinski definition) is 3. The first-order valence-electron chi connectivity index (χ1n) is 12.1. The molecule has 0 saturated heterocycles. The number of aromatic carboxylic acids is 1. The van der Waals surface area contributed by atoms with E-state index in [1.807, 2.05) is 19.9 Å². The molecular weight excluding hydrogens is 526 g/mol. The van der Waals surface area contributed by atoms with Gasteiger partial charge in [-0.05, 0) is 55.8 Å². The lowest BCUT2D eigenvalue weighted by Crippen LogP contribution is -2.37. The molecule has 3 aromatic carbocycles. The average molecular weight is 550 g/mol. The molecule has 0 spiro atoms. The number of amides is 1. The summed E-state index contributed by atoms with van der Waals surface area (Å²) in [7, 11) is 1.41. The Balaban J connectivity index is 1.49. The number of aryl methyl sites for hydroxylation is 1. The van der Waals surface area contributed by atoms with Gasteiger partial charge in [0.1, 0.15) is 28.6 Å². The maximum absolute atomic E-state index is 13.6. The number of ether oxygens (including phenoxy) is 1. The van der Waals surface area contributed by atoms with Crippen molar-refractivity contribution in [1.29, 1.82) is 0 Å². The summed E-state index contributed by atoms with van der Waals surface area (Å²) in [6.07, 6.45) is 0.586. The molecule has 1 aromatic heterocycles. The third-order valence-electron chi connectivity index (χ3n) is 6.76. The topological polar surface area (TPSA) is 138 Å². The quantitative estimate of drug-likeness (QED) is 0.246. The van der Waals surface area contributed by atoms with Gasteiger partial charge in [0.05, 0.1) is 42.2 Å². The second kappa shape index (κ2) is 9.95. The lowest BCUT2D eigenvalue weighted by atomic mass is 10.1. The number of benzene rings is 2. The number of fused-ring (bicyclic) bond motifs is 1. The van der Waals surface area contributed by atoms with Gasteiger partial charge in [-0.1, -0.05) is 18.5 Å². The van der Waals surface area contributed by atoms with Crippen molar-refractivity contribution in [2.45, 2.75) is 32.9 Å². The molecule has 0 radical (unpaired) electrons. The van der Waals surface area contributed by atoms with E-state index in [-0.39, 0.29) is 46.5 Å². The van der Waals surface area contributed by atoms with Crippen molar-refractivity contribution < 1.29 is 23.8 Å². The zero-order valence-electron chi connectivity index (χ0n) is 21.3. The van der Waals surface area contributed by atoms with Crippen LogP contribution in [0.5, 0.6) is 5.75 Å². The number of halogens is 1. The van der Waals surface area contributed by atoms with Gasteiger partial charge in [0.15, 0.2) is 0 Å². The molecule has 10 nitrogen and oxygen atoms in total. The SMILES string of the molecule is CC[C@@H](Nc1c(Nc2ccc(Cl)c3c2C(=O)N(c2ccc(OC)cc2C(=O)O)C3)c(=O)c1=O)c1ccc(C)o1. The number of nitrogens with one attached hydrogen (secondary N) is 2. The predicted octanol–water partition coefficient (Wildman–Crippen LogP) is 5.01. The molecule has 200 valence electrons. The summed E-state index contributed by atoms with van der Waals surface area (Å²) in [5.41, 5.74) is -0.324. The Labute approximate surface area is 227 Å². The van der Waals surface area contributed by atoms with Crippen LogP contribution in [0.4, 0.5) is 22.7 Å². The van der Waals surface area contributed by atoms with E-state index in [1.54, 1.807) is 24.3 Å². The molecule has 1 aliphatic rings. The van der Waals surface area contributed by atoms with Crippen LogP contribution in [0.25, 0.3) is 0 Å². The summed E-state index contributed by atoms with van der Waals surface area (Å²) in [6, 6.07) is 10.8. The fraction of sp³-hybridized carbons (Fsp3) is 0.214. The zero-order chi connectivity index (χ0) is 28.0. The number of methoxy groups -OCH3 is 1. The zero-order valence-corrected chi connectivity index (χ0v) is 22.0. The second-order valence-corrected chi connectivity index (χ2v) is 9.52. The van der Waals surface area contributed by atoms with Gasteiger partial charge in [-0.3, -0.25) is 14.4 Å². The normalized spacial score (nSPS) is 13.4. The average Bonchev–Trinajstić information content (AvgIpc) is 3.52. The van der Waals surface area contributed by atoms with Crippen molar-refractivity contribution in [3.05, 3.63) is 96.1 Å². The minimum atomic E-state index is -1.23. The van der Waals surface area contributed by atoms with E-state index >= 15 is 0 Å². The van der Waals surface area contributed by atoms with E-state index in [4.69, 9.17) is 20.8 Å². The summed E-state index contributed by atoms with van der Waals surface area (Å²) in [4.78, 5) is 51.9. The van der Waals surface area contributed by atoms with Crippen molar-refractivity contribution in [1.82, 2.24) is 0 Å². The number of nitrogens with zero attached hydrogens (tertiary/aromatic N) is 1. The lowest BCUT2D eigenvalue weighted by molar-refractivity contribution is 0.0697. The highest BCUT2D eigenvalue weighted by Crippen LogP contribution is 2.40. The van der Waals surface area contributed by atoms with Crippen molar-refractivity contribution in [3.8, 4) is 5.75 Å². The van der Waals surface area contributed by atoms with Crippen LogP contribution in [0.1, 0.15) is 57.2 Å². The molecule has 0 aliphatic carbocycles. The fourth-order valence-electron chi connectivity index (χ4n) is 4.71. The van der Waals surface area contributed by atoms with Gasteiger partial charge >= 0.3 is 5.97 Å². The van der Waals surface area contributed by atoms with E-state index in [0.29, 0.717) is 28.5 Å². The third-order valence-corrected chi connectivity index (χ3v) is 7.11. The van der Waals surface area contributed by atoms with Gasteiger partial charge < -0.3 is 29.8 Å². The molecule has 1 aliphatic heterocycles. The first-order chi connectivity index (χ1) is 18.6. The maximum atomic E-state index is 13.6. The Morgan fingerprint density at radius 3 is 2.51 bits per heavy atom. The summed E-state index contributed by atoms with van der Waals surface area (Å²) in [6.45, 7) is 3.74. The highest BCUT2D eigenvalue weighted by atomic mass is 35.5. The van der Waals surface area contributed by atoms with Crippen molar-refractivity contribution in [2.24, 2.45) is 0 Å². The van der Waals surface area contributed by atoms with Crippen LogP contribution in [-0.2, 0) is 6.54 Å². The van der Waals surface area contributed by atoms with Crippen molar-refractivity contribution >= 4 is 46.2 Å². The van der Waals surface area contributed by atoms with Gasteiger partial charge in [0.2, 0.25) is 0 Å². The van der Waals surface area contributed by atoms with Crippen LogP contribution in [-0.4, -0.2) is 24.1 Å². The van der Waals surface area contributed by atoms with E-state index in [1.165, 1.54) is 24.1 Å². The summed E-state index contributed by atoms with van der Waals surface area (Å²) in [5.74, 6) is -0.0599. The molecule has 4 aromatic rings. The number of rotatable bonds is 9. The van der Waals surface area contributed by atoms with E-state index in [9.17, 15) is 24.3 Å². The Kier molecular flexibility index (Phi) is 6.65. The third kappa shape index (κ3) is 4.42. The number of carboxylic acids is 1. The Hall–Kier alpha value is -4.57. The minimum absolute atomic E-state index is 0.0158. The van der Waals surface area contributed by atoms with Gasteiger partial charge in [-0.15, -0.1) is 0 Å².